The molecule has 0 aromatic heterocycles. The molecule has 0 radical (unpaired) electrons. The van der Waals surface area contributed by atoms with Crippen molar-refractivity contribution in [3.8, 4) is 0 Å². The van der Waals surface area contributed by atoms with Crippen LogP contribution in [0.3, 0.4) is 0 Å². The van der Waals surface area contributed by atoms with Gasteiger partial charge in [-0.1, -0.05) is 41.5 Å². The smallest absolute Gasteiger partial charge is 0.191 e. The van der Waals surface area contributed by atoms with E-state index < -0.39 is 16.6 Å². The zero-order valence-corrected chi connectivity index (χ0v) is 20.2. The summed E-state index contributed by atoms with van der Waals surface area (Å²) in [5.41, 5.74) is 2.85. The number of nitrogens with one attached hydrogen (secondary N) is 1. The second kappa shape index (κ2) is 8.31. The first-order valence-corrected chi connectivity index (χ1v) is 15.0. The van der Waals surface area contributed by atoms with E-state index in [-0.39, 0.29) is 15.6 Å². The van der Waals surface area contributed by atoms with Crippen LogP contribution in [0.1, 0.15) is 61.3 Å². The molecule has 0 aliphatic rings. The second-order valence-corrected chi connectivity index (χ2v) is 20.0. The molecule has 3 N–H and O–H groups in total. The van der Waals surface area contributed by atoms with Gasteiger partial charge in [-0.3, -0.25) is 11.3 Å². The van der Waals surface area contributed by atoms with Gasteiger partial charge in [0.25, 0.3) is 0 Å². The van der Waals surface area contributed by atoms with Crippen molar-refractivity contribution < 1.29 is 8.85 Å². The Hall–Kier alpha value is 0.274. The molecule has 0 spiro atoms. The fourth-order valence-corrected chi connectivity index (χ4v) is 3.86. The standard InChI is InChI=1S/C18H44N2O2Si2/c1-16(2,3)23(8,9)21-14-12-18(7,20-19)13-15-22-24(10,11)17(4,5)6/h20H,12-15,19H2,1-11H3. The summed E-state index contributed by atoms with van der Waals surface area (Å²) in [6, 6.07) is 0. The van der Waals surface area contributed by atoms with E-state index >= 15 is 0 Å². The molecule has 0 bridgehead atoms. The maximum absolute atomic E-state index is 6.30. The largest absolute Gasteiger partial charge is 0.417 e. The highest BCUT2D eigenvalue weighted by Gasteiger charge is 2.39. The second-order valence-electron chi connectivity index (χ2n) is 10.4. The third kappa shape index (κ3) is 7.26. The first-order valence-electron chi connectivity index (χ1n) is 9.23. The Kier molecular flexibility index (Phi) is 8.41. The molecule has 0 aromatic rings. The maximum atomic E-state index is 6.30. The molecular weight excluding hydrogens is 332 g/mol. The fourth-order valence-electron chi connectivity index (χ4n) is 1.77. The van der Waals surface area contributed by atoms with Crippen LogP contribution in [0.4, 0.5) is 0 Å². The van der Waals surface area contributed by atoms with E-state index in [1.807, 2.05) is 0 Å². The van der Waals surface area contributed by atoms with Crippen LogP contribution in [-0.4, -0.2) is 35.4 Å². The zero-order chi connectivity index (χ0) is 19.4. The summed E-state index contributed by atoms with van der Waals surface area (Å²) in [6.07, 6.45) is 1.80. The molecule has 0 saturated heterocycles. The van der Waals surface area contributed by atoms with Gasteiger partial charge in [0.05, 0.1) is 0 Å². The minimum absolute atomic E-state index is 0.148. The van der Waals surface area contributed by atoms with Crippen molar-refractivity contribution >= 4 is 16.6 Å². The molecule has 0 aliphatic carbocycles. The van der Waals surface area contributed by atoms with E-state index in [1.165, 1.54) is 0 Å². The molecule has 0 aromatic carbocycles. The average Bonchev–Trinajstić information content (AvgIpc) is 2.35. The van der Waals surface area contributed by atoms with Crippen LogP contribution in [0.25, 0.3) is 0 Å². The van der Waals surface area contributed by atoms with Crippen LogP contribution >= 0.6 is 0 Å². The summed E-state index contributed by atoms with van der Waals surface area (Å²) < 4.78 is 12.6. The van der Waals surface area contributed by atoms with E-state index in [1.54, 1.807) is 0 Å². The van der Waals surface area contributed by atoms with Gasteiger partial charge in [0.2, 0.25) is 0 Å². The highest BCUT2D eigenvalue weighted by Crippen LogP contribution is 2.38. The summed E-state index contributed by atoms with van der Waals surface area (Å²) in [7, 11) is -3.39. The number of hydrazine groups is 1. The topological polar surface area (TPSA) is 56.5 Å². The summed E-state index contributed by atoms with van der Waals surface area (Å²) in [6.45, 7) is 26.5. The van der Waals surface area contributed by atoms with Gasteiger partial charge >= 0.3 is 0 Å². The first-order chi connectivity index (χ1) is 10.5. The van der Waals surface area contributed by atoms with Crippen molar-refractivity contribution in [3.63, 3.8) is 0 Å². The lowest BCUT2D eigenvalue weighted by Crippen LogP contribution is -2.50. The van der Waals surface area contributed by atoms with Crippen LogP contribution in [-0.2, 0) is 8.85 Å². The fraction of sp³-hybridized carbons (Fsp3) is 1.00. The van der Waals surface area contributed by atoms with Gasteiger partial charge in [-0.25, -0.2) is 0 Å². The molecule has 0 fully saturated rings. The maximum Gasteiger partial charge on any atom is 0.191 e. The molecule has 0 heterocycles. The molecule has 0 rings (SSSR count). The summed E-state index contributed by atoms with van der Waals surface area (Å²) in [4.78, 5) is 0. The van der Waals surface area contributed by atoms with Gasteiger partial charge in [0, 0.05) is 18.8 Å². The van der Waals surface area contributed by atoms with Crippen molar-refractivity contribution in [1.29, 1.82) is 0 Å². The molecular formula is C18H44N2O2Si2. The van der Waals surface area contributed by atoms with Crippen molar-refractivity contribution in [2.24, 2.45) is 5.84 Å². The molecule has 0 saturated carbocycles. The quantitative estimate of drug-likeness (QED) is 0.336. The Morgan fingerprint density at radius 3 is 1.21 bits per heavy atom. The first kappa shape index (κ1) is 24.3. The average molecular weight is 377 g/mol. The minimum Gasteiger partial charge on any atom is -0.417 e. The lowest BCUT2D eigenvalue weighted by molar-refractivity contribution is 0.180. The van der Waals surface area contributed by atoms with Crippen molar-refractivity contribution in [2.75, 3.05) is 13.2 Å². The van der Waals surface area contributed by atoms with Gasteiger partial charge in [0.1, 0.15) is 0 Å². The Labute approximate surface area is 153 Å². The number of hydrogen-bond donors (Lipinski definition) is 2. The molecule has 0 amide bonds. The van der Waals surface area contributed by atoms with Gasteiger partial charge in [0.15, 0.2) is 16.6 Å². The molecule has 4 nitrogen and oxygen atoms in total. The third-order valence-corrected chi connectivity index (χ3v) is 15.3. The molecule has 0 atom stereocenters. The number of hydrogen-bond acceptors (Lipinski definition) is 4. The molecule has 24 heavy (non-hydrogen) atoms. The van der Waals surface area contributed by atoms with Crippen LogP contribution in [0.2, 0.25) is 36.3 Å². The molecule has 6 heteroatoms. The predicted molar refractivity (Wildman–Crippen MR) is 111 cm³/mol. The SMILES string of the molecule is CC(CCO[Si](C)(C)C(C)(C)C)(CCO[Si](C)(C)C(C)(C)C)NN. The molecule has 146 valence electrons. The van der Waals surface area contributed by atoms with Gasteiger partial charge in [-0.2, -0.15) is 0 Å². The lowest BCUT2D eigenvalue weighted by atomic mass is 9.95. The predicted octanol–water partition coefficient (Wildman–Crippen LogP) is 5.03. The Bertz CT molecular complexity index is 353. The monoisotopic (exact) mass is 376 g/mol. The highest BCUT2D eigenvalue weighted by atomic mass is 28.4. The summed E-state index contributed by atoms with van der Waals surface area (Å²) in [5, 5.41) is 0.482. The van der Waals surface area contributed by atoms with Crippen LogP contribution in [0.5, 0.6) is 0 Å². The zero-order valence-electron chi connectivity index (χ0n) is 18.2. The Morgan fingerprint density at radius 2 is 1.00 bits per heavy atom. The van der Waals surface area contributed by atoms with Gasteiger partial charge in [-0.05, 0) is 56.0 Å². The lowest BCUT2D eigenvalue weighted by Gasteiger charge is -2.39. The Balaban J connectivity index is 4.51. The van der Waals surface area contributed by atoms with E-state index in [2.05, 4.69) is 80.1 Å². The van der Waals surface area contributed by atoms with Crippen LogP contribution < -0.4 is 11.3 Å². The van der Waals surface area contributed by atoms with Crippen molar-refractivity contribution in [1.82, 2.24) is 5.43 Å². The number of nitrogens with two attached hydrogens (primary N) is 1. The minimum atomic E-state index is -1.70. The molecule has 0 aliphatic heterocycles. The summed E-state index contributed by atoms with van der Waals surface area (Å²) in [5.74, 6) is 5.84. The third-order valence-electron chi connectivity index (χ3n) is 6.19. The normalized spacial score (nSPS) is 15.0. The van der Waals surface area contributed by atoms with Crippen molar-refractivity contribution in [2.45, 2.75) is 103 Å². The van der Waals surface area contributed by atoms with E-state index in [4.69, 9.17) is 14.7 Å². The van der Waals surface area contributed by atoms with E-state index in [0.29, 0.717) is 0 Å². The van der Waals surface area contributed by atoms with Gasteiger partial charge < -0.3 is 8.85 Å². The van der Waals surface area contributed by atoms with Gasteiger partial charge in [-0.15, -0.1) is 0 Å². The van der Waals surface area contributed by atoms with Crippen LogP contribution in [0.15, 0.2) is 0 Å². The molecule has 0 unspecified atom stereocenters. The Morgan fingerprint density at radius 1 is 0.708 bits per heavy atom. The highest BCUT2D eigenvalue weighted by molar-refractivity contribution is 6.74. The van der Waals surface area contributed by atoms with E-state index in [9.17, 15) is 0 Å². The number of rotatable bonds is 9. The van der Waals surface area contributed by atoms with E-state index in [0.717, 1.165) is 26.1 Å². The van der Waals surface area contributed by atoms with Crippen LogP contribution in [0, 0.1) is 0 Å². The van der Waals surface area contributed by atoms with Crippen molar-refractivity contribution in [3.05, 3.63) is 0 Å². The summed E-state index contributed by atoms with van der Waals surface area (Å²) >= 11 is 0.